The Labute approximate surface area is 147 Å². The van der Waals surface area contributed by atoms with Crippen molar-refractivity contribution in [2.75, 3.05) is 6.54 Å². The minimum absolute atomic E-state index is 0.112. The summed E-state index contributed by atoms with van der Waals surface area (Å²) in [4.78, 5) is 12.6. The van der Waals surface area contributed by atoms with E-state index in [0.717, 1.165) is 42.6 Å². The van der Waals surface area contributed by atoms with Gasteiger partial charge in [-0.25, -0.2) is 4.39 Å². The molecule has 130 valence electrons. The standard InChI is InChI=1S/C21H22FNO2/c22-17-9-3-2-8-16(17)21(11-5-6-12-21)14-23-20(24)19-13-15-7-1-4-10-18(15)25-19/h1-4,7-10,19H,5-6,11-14H2,(H,23,24). The van der Waals surface area contributed by atoms with E-state index in [0.29, 0.717) is 13.0 Å². The van der Waals surface area contributed by atoms with E-state index >= 15 is 0 Å². The Morgan fingerprint density at radius 3 is 2.60 bits per heavy atom. The topological polar surface area (TPSA) is 38.3 Å². The monoisotopic (exact) mass is 339 g/mol. The van der Waals surface area contributed by atoms with E-state index in [2.05, 4.69) is 5.32 Å². The van der Waals surface area contributed by atoms with Crippen LogP contribution >= 0.6 is 0 Å². The van der Waals surface area contributed by atoms with E-state index in [9.17, 15) is 9.18 Å². The molecule has 1 aliphatic heterocycles. The van der Waals surface area contributed by atoms with Gasteiger partial charge in [0.25, 0.3) is 5.91 Å². The van der Waals surface area contributed by atoms with Gasteiger partial charge >= 0.3 is 0 Å². The molecular weight excluding hydrogens is 317 g/mol. The second kappa shape index (κ2) is 6.51. The van der Waals surface area contributed by atoms with Crippen LogP contribution in [0.1, 0.15) is 36.8 Å². The van der Waals surface area contributed by atoms with Crippen LogP contribution in [0.5, 0.6) is 5.75 Å². The number of rotatable bonds is 4. The molecule has 25 heavy (non-hydrogen) atoms. The van der Waals surface area contributed by atoms with Gasteiger partial charge in [-0.2, -0.15) is 0 Å². The van der Waals surface area contributed by atoms with E-state index in [4.69, 9.17) is 4.74 Å². The van der Waals surface area contributed by atoms with E-state index in [1.165, 1.54) is 6.07 Å². The quantitative estimate of drug-likeness (QED) is 0.921. The third-order valence-corrected chi connectivity index (χ3v) is 5.55. The van der Waals surface area contributed by atoms with Crippen LogP contribution in [0.3, 0.4) is 0 Å². The van der Waals surface area contributed by atoms with Gasteiger partial charge in [-0.05, 0) is 36.1 Å². The Kier molecular flexibility index (Phi) is 4.20. The lowest BCUT2D eigenvalue weighted by atomic mass is 9.78. The van der Waals surface area contributed by atoms with E-state index in [-0.39, 0.29) is 17.1 Å². The smallest absolute Gasteiger partial charge is 0.261 e. The van der Waals surface area contributed by atoms with Gasteiger partial charge in [0.2, 0.25) is 0 Å². The Hall–Kier alpha value is -2.36. The minimum atomic E-state index is -0.489. The fraction of sp³-hybridized carbons (Fsp3) is 0.381. The Balaban J connectivity index is 1.46. The molecule has 4 heteroatoms. The van der Waals surface area contributed by atoms with Gasteiger partial charge in [0, 0.05) is 18.4 Å². The summed E-state index contributed by atoms with van der Waals surface area (Å²) in [6.45, 7) is 0.461. The Bertz CT molecular complexity index is 758. The Morgan fingerprint density at radius 2 is 1.84 bits per heavy atom. The number of carbonyl (C=O) groups is 1. The molecule has 1 heterocycles. The number of carbonyl (C=O) groups excluding carboxylic acids is 1. The summed E-state index contributed by atoms with van der Waals surface area (Å²) in [6.07, 6.45) is 4.04. The van der Waals surface area contributed by atoms with Crippen molar-refractivity contribution in [3.8, 4) is 5.75 Å². The predicted octanol–water partition coefficient (Wildman–Crippen LogP) is 3.76. The first-order valence-corrected chi connectivity index (χ1v) is 8.95. The molecule has 1 amide bonds. The fourth-order valence-electron chi connectivity index (χ4n) is 4.18. The van der Waals surface area contributed by atoms with Crippen molar-refractivity contribution >= 4 is 5.91 Å². The lowest BCUT2D eigenvalue weighted by Gasteiger charge is -2.30. The molecule has 1 saturated carbocycles. The summed E-state index contributed by atoms with van der Waals surface area (Å²) in [5, 5.41) is 3.04. The number of fused-ring (bicyclic) bond motifs is 1. The Morgan fingerprint density at radius 1 is 1.12 bits per heavy atom. The summed E-state index contributed by atoms with van der Waals surface area (Å²) in [5.41, 5.74) is 1.49. The molecule has 1 fully saturated rings. The van der Waals surface area contributed by atoms with Crippen molar-refractivity contribution in [3.63, 3.8) is 0 Å². The van der Waals surface area contributed by atoms with E-state index in [1.807, 2.05) is 36.4 Å². The molecule has 0 spiro atoms. The van der Waals surface area contributed by atoms with Gasteiger partial charge in [-0.1, -0.05) is 49.2 Å². The number of benzene rings is 2. The van der Waals surface area contributed by atoms with Gasteiger partial charge in [0.05, 0.1) is 0 Å². The summed E-state index contributed by atoms with van der Waals surface area (Å²) in [5.74, 6) is 0.495. The van der Waals surface area contributed by atoms with Crippen molar-refractivity contribution < 1.29 is 13.9 Å². The zero-order valence-corrected chi connectivity index (χ0v) is 14.1. The average molecular weight is 339 g/mol. The molecule has 3 nitrogen and oxygen atoms in total. The number of hydrogen-bond acceptors (Lipinski definition) is 2. The maximum Gasteiger partial charge on any atom is 0.261 e. The van der Waals surface area contributed by atoms with Gasteiger partial charge in [-0.15, -0.1) is 0 Å². The number of ether oxygens (including phenoxy) is 1. The third kappa shape index (κ3) is 3.01. The molecule has 0 bridgehead atoms. The second-order valence-corrected chi connectivity index (χ2v) is 7.10. The highest BCUT2D eigenvalue weighted by atomic mass is 19.1. The summed E-state index contributed by atoms with van der Waals surface area (Å²) in [7, 11) is 0. The van der Waals surface area contributed by atoms with Crippen LogP contribution in [0.2, 0.25) is 0 Å². The highest BCUT2D eigenvalue weighted by Gasteiger charge is 2.39. The highest BCUT2D eigenvalue weighted by Crippen LogP contribution is 2.41. The second-order valence-electron chi connectivity index (χ2n) is 7.10. The van der Waals surface area contributed by atoms with E-state index < -0.39 is 6.10 Å². The third-order valence-electron chi connectivity index (χ3n) is 5.55. The number of nitrogens with one attached hydrogen (secondary N) is 1. The van der Waals surface area contributed by atoms with Crippen molar-refractivity contribution in [2.24, 2.45) is 0 Å². The van der Waals surface area contributed by atoms with Gasteiger partial charge in [0.1, 0.15) is 11.6 Å². The highest BCUT2D eigenvalue weighted by molar-refractivity contribution is 5.82. The van der Waals surface area contributed by atoms with Gasteiger partial charge < -0.3 is 10.1 Å². The minimum Gasteiger partial charge on any atom is -0.480 e. The molecule has 1 aliphatic carbocycles. The van der Waals surface area contributed by atoms with Gasteiger partial charge in [0.15, 0.2) is 6.10 Å². The molecule has 2 aliphatic rings. The normalized spacial score (nSPS) is 20.8. The van der Waals surface area contributed by atoms with Crippen LogP contribution in [0, 0.1) is 5.82 Å². The molecule has 0 aromatic heterocycles. The molecule has 1 N–H and O–H groups in total. The maximum absolute atomic E-state index is 14.4. The van der Waals surface area contributed by atoms with Crippen LogP contribution < -0.4 is 10.1 Å². The molecule has 4 rings (SSSR count). The fourth-order valence-corrected chi connectivity index (χ4v) is 4.18. The summed E-state index contributed by atoms with van der Waals surface area (Å²) >= 11 is 0. The maximum atomic E-state index is 14.4. The zero-order valence-electron chi connectivity index (χ0n) is 14.1. The van der Waals surface area contributed by atoms with Crippen LogP contribution in [-0.4, -0.2) is 18.6 Å². The van der Waals surface area contributed by atoms with Crippen LogP contribution in [0.25, 0.3) is 0 Å². The van der Waals surface area contributed by atoms with E-state index in [1.54, 1.807) is 6.07 Å². The van der Waals surface area contributed by atoms with Crippen molar-refractivity contribution in [1.82, 2.24) is 5.32 Å². The number of para-hydroxylation sites is 1. The number of amides is 1. The largest absolute Gasteiger partial charge is 0.480 e. The SMILES string of the molecule is O=C(NCC1(c2ccccc2F)CCCC1)C1Cc2ccccc2O1. The molecule has 0 saturated heterocycles. The molecule has 0 radical (unpaired) electrons. The zero-order chi connectivity index (χ0) is 17.3. The van der Waals surface area contributed by atoms with Crippen molar-refractivity contribution in [1.29, 1.82) is 0 Å². The van der Waals surface area contributed by atoms with Crippen molar-refractivity contribution in [3.05, 3.63) is 65.5 Å². The van der Waals surface area contributed by atoms with Crippen LogP contribution in [-0.2, 0) is 16.6 Å². The molecule has 1 atom stereocenters. The first-order valence-electron chi connectivity index (χ1n) is 8.95. The lowest BCUT2D eigenvalue weighted by molar-refractivity contribution is -0.127. The lowest BCUT2D eigenvalue weighted by Crippen LogP contribution is -2.44. The number of halogens is 1. The summed E-state index contributed by atoms with van der Waals surface area (Å²) in [6, 6.07) is 14.7. The molecule has 2 aromatic carbocycles. The van der Waals surface area contributed by atoms with Crippen LogP contribution in [0.15, 0.2) is 48.5 Å². The molecule has 1 unspecified atom stereocenters. The first-order chi connectivity index (χ1) is 12.2. The number of hydrogen-bond donors (Lipinski definition) is 1. The molecule has 2 aromatic rings. The van der Waals surface area contributed by atoms with Crippen molar-refractivity contribution in [2.45, 2.75) is 43.6 Å². The summed E-state index contributed by atoms with van der Waals surface area (Å²) < 4.78 is 20.1. The first kappa shape index (κ1) is 16.1. The average Bonchev–Trinajstić information content (AvgIpc) is 3.27. The molecular formula is C21H22FNO2. The van der Waals surface area contributed by atoms with Crippen LogP contribution in [0.4, 0.5) is 4.39 Å². The predicted molar refractivity (Wildman–Crippen MR) is 94.1 cm³/mol. The van der Waals surface area contributed by atoms with Gasteiger partial charge in [-0.3, -0.25) is 4.79 Å².